The molecule has 1 aliphatic heterocycles. The first-order valence-electron chi connectivity index (χ1n) is 10.5. The summed E-state index contributed by atoms with van der Waals surface area (Å²) in [6, 6.07) is 11.3. The van der Waals surface area contributed by atoms with E-state index in [1.807, 2.05) is 11.3 Å². The van der Waals surface area contributed by atoms with Crippen molar-refractivity contribution in [2.45, 2.75) is 51.6 Å². The maximum atomic E-state index is 4.66. The van der Waals surface area contributed by atoms with Crippen molar-refractivity contribution in [3.8, 4) is 0 Å². The maximum Gasteiger partial charge on any atom is 0.138 e. The van der Waals surface area contributed by atoms with Crippen LogP contribution in [-0.2, 0) is 19.4 Å². The molecule has 1 aliphatic carbocycles. The minimum absolute atomic E-state index is 0.503. The molecule has 1 N–H and O–H groups in total. The number of hydrogen-bond acceptors (Lipinski definition) is 5. The van der Waals surface area contributed by atoms with Crippen molar-refractivity contribution in [3.63, 3.8) is 0 Å². The molecular formula is C23H28N4S. The molecule has 0 amide bonds. The number of nitrogens with one attached hydrogen (secondary N) is 1. The molecule has 1 aromatic carbocycles. The number of rotatable bonds is 4. The normalized spacial score (nSPS) is 21.0. The van der Waals surface area contributed by atoms with Gasteiger partial charge in [-0.3, -0.25) is 4.90 Å². The highest BCUT2D eigenvalue weighted by molar-refractivity contribution is 7.19. The zero-order valence-electron chi connectivity index (χ0n) is 16.5. The van der Waals surface area contributed by atoms with Crippen LogP contribution in [0.25, 0.3) is 10.2 Å². The Bertz CT molecular complexity index is 944. The topological polar surface area (TPSA) is 41.1 Å². The van der Waals surface area contributed by atoms with E-state index in [1.54, 1.807) is 6.33 Å². The van der Waals surface area contributed by atoms with Crippen molar-refractivity contribution in [3.05, 3.63) is 52.7 Å². The van der Waals surface area contributed by atoms with Gasteiger partial charge in [0.15, 0.2) is 0 Å². The van der Waals surface area contributed by atoms with E-state index in [-0.39, 0.29) is 0 Å². The second kappa shape index (κ2) is 7.80. The van der Waals surface area contributed by atoms with Gasteiger partial charge < -0.3 is 5.32 Å². The van der Waals surface area contributed by atoms with E-state index < -0.39 is 0 Å². The molecule has 1 atom stereocenters. The van der Waals surface area contributed by atoms with Crippen LogP contribution in [0.5, 0.6) is 0 Å². The second-order valence-corrected chi connectivity index (χ2v) is 9.52. The second-order valence-electron chi connectivity index (χ2n) is 8.43. The van der Waals surface area contributed by atoms with Crippen molar-refractivity contribution in [2.24, 2.45) is 5.92 Å². The molecule has 3 heterocycles. The monoisotopic (exact) mass is 392 g/mol. The third-order valence-electron chi connectivity index (χ3n) is 6.27. The highest BCUT2D eigenvalue weighted by Crippen LogP contribution is 2.40. The Kier molecular flexibility index (Phi) is 5.03. The molecular weight excluding hydrogens is 364 g/mol. The van der Waals surface area contributed by atoms with E-state index in [0.717, 1.165) is 36.2 Å². The number of aryl methyl sites for hydroxylation is 1. The van der Waals surface area contributed by atoms with E-state index in [9.17, 15) is 0 Å². The molecule has 0 saturated carbocycles. The summed E-state index contributed by atoms with van der Waals surface area (Å²) in [6.45, 7) is 5.70. The van der Waals surface area contributed by atoms with Gasteiger partial charge >= 0.3 is 0 Å². The summed E-state index contributed by atoms with van der Waals surface area (Å²) in [4.78, 5) is 14.5. The fraction of sp³-hybridized carbons (Fsp3) is 0.478. The number of hydrogen-bond donors (Lipinski definition) is 1. The van der Waals surface area contributed by atoms with Crippen molar-refractivity contribution in [1.29, 1.82) is 0 Å². The molecule has 28 heavy (non-hydrogen) atoms. The van der Waals surface area contributed by atoms with Gasteiger partial charge in [-0.15, -0.1) is 11.3 Å². The lowest BCUT2D eigenvalue weighted by molar-refractivity contribution is 0.211. The van der Waals surface area contributed by atoms with E-state index >= 15 is 0 Å². The van der Waals surface area contributed by atoms with Gasteiger partial charge in [-0.1, -0.05) is 37.3 Å². The Labute approximate surface area is 171 Å². The van der Waals surface area contributed by atoms with Crippen LogP contribution in [0.3, 0.4) is 0 Å². The quantitative estimate of drug-likeness (QED) is 0.686. The first-order chi connectivity index (χ1) is 13.8. The number of aromatic nitrogens is 2. The highest BCUT2D eigenvalue weighted by atomic mass is 32.1. The smallest absolute Gasteiger partial charge is 0.138 e. The number of thiophene rings is 1. The Balaban J connectivity index is 1.28. The maximum absolute atomic E-state index is 4.66. The van der Waals surface area contributed by atoms with Gasteiger partial charge in [0, 0.05) is 30.6 Å². The molecule has 1 saturated heterocycles. The number of piperidine rings is 1. The zero-order chi connectivity index (χ0) is 18.9. The van der Waals surface area contributed by atoms with Crippen LogP contribution in [0.2, 0.25) is 0 Å². The van der Waals surface area contributed by atoms with E-state index in [0.29, 0.717) is 6.04 Å². The van der Waals surface area contributed by atoms with Crippen LogP contribution in [0.15, 0.2) is 36.7 Å². The SMILES string of the molecule is CC1CCc2c(sc3ncnc(NC4CCN(Cc5ccccc5)CC4)c23)C1. The summed E-state index contributed by atoms with van der Waals surface area (Å²) < 4.78 is 0. The number of fused-ring (bicyclic) bond motifs is 3. The molecule has 3 aromatic rings. The highest BCUT2D eigenvalue weighted by Gasteiger charge is 2.25. The molecule has 1 unspecified atom stereocenters. The number of likely N-dealkylation sites (tertiary alicyclic amines) is 1. The van der Waals surface area contributed by atoms with E-state index in [2.05, 4.69) is 57.4 Å². The van der Waals surface area contributed by atoms with Gasteiger partial charge in [-0.05, 0) is 49.1 Å². The van der Waals surface area contributed by atoms with Crippen molar-refractivity contribution in [1.82, 2.24) is 14.9 Å². The minimum Gasteiger partial charge on any atom is -0.367 e. The molecule has 2 aromatic heterocycles. The number of anilines is 1. The van der Waals surface area contributed by atoms with Gasteiger partial charge in [0.25, 0.3) is 0 Å². The average Bonchev–Trinajstić information content (AvgIpc) is 3.08. The van der Waals surface area contributed by atoms with Crippen LogP contribution < -0.4 is 5.32 Å². The van der Waals surface area contributed by atoms with Crippen molar-refractivity contribution < 1.29 is 0 Å². The van der Waals surface area contributed by atoms with Gasteiger partial charge in [-0.2, -0.15) is 0 Å². The molecule has 5 heteroatoms. The standard InChI is InChI=1S/C23H28N4S/c1-16-7-8-19-20(13-16)28-23-21(19)22(24-15-25-23)26-18-9-11-27(12-10-18)14-17-5-3-2-4-6-17/h2-6,15-16,18H,7-14H2,1H3,(H,24,25,26). The predicted octanol–water partition coefficient (Wildman–Crippen LogP) is 4.89. The lowest BCUT2D eigenvalue weighted by Gasteiger charge is -2.32. The van der Waals surface area contributed by atoms with Gasteiger partial charge in [0.1, 0.15) is 17.0 Å². The van der Waals surface area contributed by atoms with Crippen LogP contribution in [0, 0.1) is 5.92 Å². The molecule has 146 valence electrons. The first kappa shape index (κ1) is 18.1. The molecule has 0 bridgehead atoms. The number of benzene rings is 1. The van der Waals surface area contributed by atoms with Gasteiger partial charge in [0.2, 0.25) is 0 Å². The van der Waals surface area contributed by atoms with Crippen LogP contribution in [-0.4, -0.2) is 34.0 Å². The minimum atomic E-state index is 0.503. The summed E-state index contributed by atoms with van der Waals surface area (Å²) in [5.74, 6) is 1.86. The zero-order valence-corrected chi connectivity index (χ0v) is 17.3. The summed E-state index contributed by atoms with van der Waals surface area (Å²) in [5.41, 5.74) is 2.92. The summed E-state index contributed by atoms with van der Waals surface area (Å²) in [7, 11) is 0. The molecule has 0 spiro atoms. The third-order valence-corrected chi connectivity index (χ3v) is 7.43. The average molecular weight is 393 g/mol. The van der Waals surface area contributed by atoms with Crippen molar-refractivity contribution >= 4 is 27.4 Å². The molecule has 2 aliphatic rings. The first-order valence-corrected chi connectivity index (χ1v) is 11.4. The van der Waals surface area contributed by atoms with Crippen LogP contribution in [0.4, 0.5) is 5.82 Å². The Morgan fingerprint density at radius 1 is 1.11 bits per heavy atom. The Morgan fingerprint density at radius 3 is 2.75 bits per heavy atom. The van der Waals surface area contributed by atoms with Crippen molar-refractivity contribution in [2.75, 3.05) is 18.4 Å². The molecule has 0 radical (unpaired) electrons. The fourth-order valence-electron chi connectivity index (χ4n) is 4.65. The summed E-state index contributed by atoms with van der Waals surface area (Å²) in [5, 5.41) is 5.09. The Hall–Kier alpha value is -1.98. The lowest BCUT2D eigenvalue weighted by Crippen LogP contribution is -2.38. The van der Waals surface area contributed by atoms with Crippen LogP contribution in [0.1, 0.15) is 42.2 Å². The molecule has 4 nitrogen and oxygen atoms in total. The summed E-state index contributed by atoms with van der Waals surface area (Å²) >= 11 is 1.88. The number of nitrogens with zero attached hydrogens (tertiary/aromatic N) is 3. The largest absolute Gasteiger partial charge is 0.367 e. The lowest BCUT2D eigenvalue weighted by atomic mass is 9.89. The van der Waals surface area contributed by atoms with E-state index in [1.165, 1.54) is 53.5 Å². The fourth-order valence-corrected chi connectivity index (χ4v) is 6.01. The predicted molar refractivity (Wildman–Crippen MR) is 117 cm³/mol. The summed E-state index contributed by atoms with van der Waals surface area (Å²) in [6.07, 6.45) is 7.73. The van der Waals surface area contributed by atoms with Gasteiger partial charge in [-0.25, -0.2) is 9.97 Å². The third kappa shape index (κ3) is 3.65. The molecule has 1 fully saturated rings. The molecule has 5 rings (SSSR count). The Morgan fingerprint density at radius 2 is 1.93 bits per heavy atom. The van der Waals surface area contributed by atoms with Gasteiger partial charge in [0.05, 0.1) is 5.39 Å². The van der Waals surface area contributed by atoms with E-state index in [4.69, 9.17) is 0 Å². The van der Waals surface area contributed by atoms with Crippen LogP contribution >= 0.6 is 11.3 Å².